The Balaban J connectivity index is 1.66. The fraction of sp³-hybridized carbons (Fsp3) is 0.552. The second kappa shape index (κ2) is 12.7. The Morgan fingerprint density at radius 3 is 2.63 bits per heavy atom. The third kappa shape index (κ3) is 5.40. The Morgan fingerprint density at radius 1 is 1.18 bits per heavy atom. The molecule has 0 aliphatic carbocycles. The minimum Gasteiger partial charge on any atom is -0.465 e. The van der Waals surface area contributed by atoms with Gasteiger partial charge in [-0.3, -0.25) is 14.4 Å². The molecule has 0 saturated carbocycles. The number of rotatable bonds is 14. The van der Waals surface area contributed by atoms with Gasteiger partial charge in [-0.2, -0.15) is 0 Å². The predicted molar refractivity (Wildman–Crippen MR) is 151 cm³/mol. The zero-order chi connectivity index (χ0) is 27.3. The van der Waals surface area contributed by atoms with Gasteiger partial charge in [0.05, 0.1) is 23.2 Å². The number of aliphatic hydroxyl groups is 1. The van der Waals surface area contributed by atoms with Gasteiger partial charge in [-0.1, -0.05) is 23.8 Å². The van der Waals surface area contributed by atoms with Crippen molar-refractivity contribution in [3.05, 3.63) is 54.6 Å². The molecule has 38 heavy (non-hydrogen) atoms. The topological polar surface area (TPSA) is 87.1 Å². The average molecular weight is 561 g/mol. The molecular formula is C29H37ClN2O5S. The summed E-state index contributed by atoms with van der Waals surface area (Å²) in [7, 11) is 0. The highest BCUT2D eigenvalue weighted by molar-refractivity contribution is 8.02. The first kappa shape index (κ1) is 28.7. The van der Waals surface area contributed by atoms with Crippen LogP contribution < -0.4 is 4.90 Å². The molecule has 5 atom stereocenters. The summed E-state index contributed by atoms with van der Waals surface area (Å²) in [5.74, 6) is -1.77. The zero-order valence-corrected chi connectivity index (χ0v) is 23.3. The summed E-state index contributed by atoms with van der Waals surface area (Å²) in [6.07, 6.45) is 8.44. The van der Waals surface area contributed by atoms with E-state index in [1.165, 1.54) is 0 Å². The lowest BCUT2D eigenvalue weighted by molar-refractivity contribution is -0.154. The molecule has 1 spiro atoms. The van der Waals surface area contributed by atoms with Crippen LogP contribution in [-0.4, -0.2) is 70.1 Å². The van der Waals surface area contributed by atoms with Crippen LogP contribution >= 0.6 is 23.4 Å². The van der Waals surface area contributed by atoms with Crippen molar-refractivity contribution < 1.29 is 24.2 Å². The number of carbonyl (C=O) groups excluding carboxylic acids is 3. The Kier molecular flexibility index (Phi) is 9.60. The number of nitrogens with zero attached hydrogens (tertiary/aromatic N) is 2. The normalized spacial score (nSPS) is 27.3. The molecule has 0 aromatic heterocycles. The van der Waals surface area contributed by atoms with Crippen molar-refractivity contribution in [1.82, 2.24) is 4.90 Å². The number of allylic oxidation sites excluding steroid dienone is 1. The number of unbranched alkanes of at least 4 members (excludes halogenated alkanes) is 3. The van der Waals surface area contributed by atoms with Gasteiger partial charge in [-0.25, -0.2) is 0 Å². The highest BCUT2D eigenvalue weighted by atomic mass is 35.5. The van der Waals surface area contributed by atoms with Crippen LogP contribution in [0.1, 0.15) is 44.9 Å². The van der Waals surface area contributed by atoms with E-state index < -0.39 is 22.6 Å². The van der Waals surface area contributed by atoms with E-state index in [0.29, 0.717) is 49.5 Å². The second-order valence-electron chi connectivity index (χ2n) is 10.2. The van der Waals surface area contributed by atoms with Crippen molar-refractivity contribution in [3.63, 3.8) is 0 Å². The van der Waals surface area contributed by atoms with Crippen LogP contribution in [0, 0.1) is 11.8 Å². The predicted octanol–water partition coefficient (Wildman–Crippen LogP) is 4.62. The number of hydrogen-bond donors (Lipinski definition) is 1. The molecule has 3 fully saturated rings. The summed E-state index contributed by atoms with van der Waals surface area (Å²) in [5, 5.41) is 9.76. The second-order valence-corrected chi connectivity index (χ2v) is 12.2. The maximum atomic E-state index is 14.4. The molecule has 1 N–H and O–H groups in total. The Morgan fingerprint density at radius 2 is 1.95 bits per heavy atom. The Hall–Kier alpha value is -2.29. The standard InChI is InChI=1S/C29H37ClN2O5S/c1-3-5-9-19-37-28(36)23-22-14-15-29(38-22)24(23)26(34)32(17-7-6-8-18-33)25(29)27(35)31(16-4-2)21-12-10-20(30)11-13-21/h3-4,10-13,22-25,33H,1-2,5-9,14-19H2/t22-,23+,24+,25?,29?/m1/s1. The molecule has 206 valence electrons. The summed E-state index contributed by atoms with van der Waals surface area (Å²) in [5.41, 5.74) is 0.683. The number of hydrogen-bond acceptors (Lipinski definition) is 6. The number of anilines is 1. The van der Waals surface area contributed by atoms with Crippen molar-refractivity contribution in [3.8, 4) is 0 Å². The Bertz CT molecular complexity index is 1050. The number of halogens is 1. The largest absolute Gasteiger partial charge is 0.465 e. The first-order chi connectivity index (χ1) is 18.4. The lowest BCUT2D eigenvalue weighted by Gasteiger charge is -2.37. The molecule has 3 heterocycles. The van der Waals surface area contributed by atoms with Gasteiger partial charge in [0, 0.05) is 35.7 Å². The Labute approximate surface area is 234 Å². The van der Waals surface area contributed by atoms with E-state index in [2.05, 4.69) is 13.2 Å². The number of ether oxygens (including phenoxy) is 1. The lowest BCUT2D eigenvalue weighted by Crippen LogP contribution is -2.55. The van der Waals surface area contributed by atoms with Gasteiger partial charge >= 0.3 is 5.97 Å². The maximum Gasteiger partial charge on any atom is 0.310 e. The van der Waals surface area contributed by atoms with Gasteiger partial charge < -0.3 is 19.6 Å². The number of likely N-dealkylation sites (tertiary alicyclic amines) is 1. The lowest BCUT2D eigenvalue weighted by atomic mass is 9.71. The fourth-order valence-corrected chi connectivity index (χ4v) is 8.56. The van der Waals surface area contributed by atoms with Crippen molar-refractivity contribution >= 4 is 46.8 Å². The maximum absolute atomic E-state index is 14.4. The molecule has 9 heteroatoms. The number of esters is 1. The van der Waals surface area contributed by atoms with Gasteiger partial charge in [-0.05, 0) is 69.2 Å². The molecule has 2 unspecified atom stereocenters. The summed E-state index contributed by atoms with van der Waals surface area (Å²) in [6.45, 7) is 8.63. The van der Waals surface area contributed by atoms with Crippen molar-refractivity contribution in [2.75, 3.05) is 31.2 Å². The quantitative estimate of drug-likeness (QED) is 0.203. The van der Waals surface area contributed by atoms with Gasteiger partial charge in [0.2, 0.25) is 5.91 Å². The molecule has 3 aliphatic heterocycles. The van der Waals surface area contributed by atoms with E-state index in [4.69, 9.17) is 16.3 Å². The molecular weight excluding hydrogens is 524 g/mol. The molecule has 1 aromatic rings. The monoisotopic (exact) mass is 560 g/mol. The number of carbonyl (C=O) groups is 3. The van der Waals surface area contributed by atoms with Crippen LogP contribution in [0.5, 0.6) is 0 Å². The number of thioether (sulfide) groups is 1. The summed E-state index contributed by atoms with van der Waals surface area (Å²) in [4.78, 5) is 45.1. The SMILES string of the molecule is C=CCCCOC(=O)[C@@H]1[C@H]2C(=O)N(CCCCCO)C(C(=O)N(CC=C)c3ccc(Cl)cc3)C23CC[C@H]1S3. The number of benzene rings is 1. The van der Waals surface area contributed by atoms with Crippen LogP contribution in [0.2, 0.25) is 5.02 Å². The van der Waals surface area contributed by atoms with E-state index in [9.17, 15) is 19.5 Å². The first-order valence-electron chi connectivity index (χ1n) is 13.4. The highest BCUT2D eigenvalue weighted by Crippen LogP contribution is 2.66. The minimum atomic E-state index is -0.696. The summed E-state index contributed by atoms with van der Waals surface area (Å²) in [6, 6.07) is 6.37. The van der Waals surface area contributed by atoms with Crippen LogP contribution in [0.3, 0.4) is 0 Å². The van der Waals surface area contributed by atoms with Crippen molar-refractivity contribution in [1.29, 1.82) is 0 Å². The van der Waals surface area contributed by atoms with Crippen LogP contribution in [0.15, 0.2) is 49.6 Å². The molecule has 2 amide bonds. The third-order valence-electron chi connectivity index (χ3n) is 7.88. The molecule has 7 nitrogen and oxygen atoms in total. The first-order valence-corrected chi connectivity index (χ1v) is 14.7. The molecule has 1 aromatic carbocycles. The van der Waals surface area contributed by atoms with Gasteiger partial charge in [-0.15, -0.1) is 24.9 Å². The molecule has 0 radical (unpaired) electrons. The van der Waals surface area contributed by atoms with E-state index in [1.807, 2.05) is 0 Å². The molecule has 3 aliphatic rings. The summed E-state index contributed by atoms with van der Waals surface area (Å²) < 4.78 is 4.95. The molecule has 4 rings (SSSR count). The zero-order valence-electron chi connectivity index (χ0n) is 21.7. The third-order valence-corrected chi connectivity index (χ3v) is 10.1. The smallest absolute Gasteiger partial charge is 0.310 e. The average Bonchev–Trinajstić information content (AvgIpc) is 3.55. The van der Waals surface area contributed by atoms with E-state index in [0.717, 1.165) is 19.3 Å². The highest BCUT2D eigenvalue weighted by Gasteiger charge is 2.74. The fourth-order valence-electron chi connectivity index (χ4n) is 6.23. The molecule has 2 bridgehead atoms. The van der Waals surface area contributed by atoms with Crippen molar-refractivity contribution in [2.24, 2.45) is 11.8 Å². The van der Waals surface area contributed by atoms with Gasteiger partial charge in [0.15, 0.2) is 0 Å². The summed E-state index contributed by atoms with van der Waals surface area (Å²) >= 11 is 7.74. The van der Waals surface area contributed by atoms with E-state index in [-0.39, 0.29) is 36.2 Å². The van der Waals surface area contributed by atoms with Gasteiger partial charge in [0.1, 0.15) is 6.04 Å². The minimum absolute atomic E-state index is 0.0360. The van der Waals surface area contributed by atoms with Crippen LogP contribution in [0.25, 0.3) is 0 Å². The van der Waals surface area contributed by atoms with Gasteiger partial charge in [0.25, 0.3) is 5.91 Å². The number of fused-ring (bicyclic) bond motifs is 1. The molecule has 3 saturated heterocycles. The van der Waals surface area contributed by atoms with E-state index in [1.54, 1.807) is 58.0 Å². The van der Waals surface area contributed by atoms with Crippen LogP contribution in [0.4, 0.5) is 5.69 Å². The number of aliphatic hydroxyl groups excluding tert-OH is 1. The van der Waals surface area contributed by atoms with E-state index >= 15 is 0 Å². The van der Waals surface area contributed by atoms with Crippen molar-refractivity contribution in [2.45, 2.75) is 61.0 Å². The number of amides is 2. The van der Waals surface area contributed by atoms with Crippen LogP contribution in [-0.2, 0) is 19.1 Å².